The number of nitro groups is 1. The molecule has 130 valence electrons. The molecule has 8 heteroatoms. The molecule has 0 spiro atoms. The van der Waals surface area contributed by atoms with Crippen LogP contribution in [-0.2, 0) is 11.2 Å². The zero-order valence-electron chi connectivity index (χ0n) is 13.4. The summed E-state index contributed by atoms with van der Waals surface area (Å²) in [6, 6.07) is 7.90. The number of nitrogens with one attached hydrogen (secondary N) is 1. The number of rotatable bonds is 4. The van der Waals surface area contributed by atoms with Gasteiger partial charge in [-0.15, -0.1) is 0 Å². The molecule has 1 aliphatic rings. The van der Waals surface area contributed by atoms with Gasteiger partial charge in [0.25, 0.3) is 5.69 Å². The van der Waals surface area contributed by atoms with Crippen LogP contribution < -0.4 is 14.8 Å². The van der Waals surface area contributed by atoms with E-state index in [0.717, 1.165) is 0 Å². The van der Waals surface area contributed by atoms with Crippen molar-refractivity contribution in [3.63, 3.8) is 0 Å². The highest BCUT2D eigenvalue weighted by Crippen LogP contribution is 2.38. The molecule has 2 aromatic carbocycles. The summed E-state index contributed by atoms with van der Waals surface area (Å²) in [5, 5.41) is 14.0. The Labute approximate surface area is 148 Å². The van der Waals surface area contributed by atoms with Crippen LogP contribution in [0.25, 0.3) is 0 Å². The maximum absolute atomic E-state index is 12.2. The van der Waals surface area contributed by atoms with Gasteiger partial charge >= 0.3 is 0 Å². The fourth-order valence-corrected chi connectivity index (χ4v) is 2.83. The Bertz CT molecular complexity index is 853. The molecule has 0 saturated carbocycles. The number of nitrogens with zero attached hydrogens (tertiary/aromatic N) is 1. The number of halogens is 1. The van der Waals surface area contributed by atoms with Crippen LogP contribution in [0.1, 0.15) is 11.1 Å². The van der Waals surface area contributed by atoms with Crippen LogP contribution in [0.5, 0.6) is 11.5 Å². The molecule has 1 aliphatic heterocycles. The van der Waals surface area contributed by atoms with Crippen molar-refractivity contribution in [1.29, 1.82) is 0 Å². The summed E-state index contributed by atoms with van der Waals surface area (Å²) in [6.45, 7) is 2.49. The summed E-state index contributed by atoms with van der Waals surface area (Å²) in [7, 11) is 0. The molecular formula is C17H15ClN2O5. The molecule has 0 unspecified atom stereocenters. The van der Waals surface area contributed by atoms with Gasteiger partial charge in [0, 0.05) is 17.3 Å². The van der Waals surface area contributed by atoms with Crippen LogP contribution in [0.3, 0.4) is 0 Å². The fourth-order valence-electron chi connectivity index (χ4n) is 2.54. The Kier molecular flexibility index (Phi) is 4.76. The van der Waals surface area contributed by atoms with Crippen molar-refractivity contribution < 1.29 is 19.2 Å². The van der Waals surface area contributed by atoms with Gasteiger partial charge in [0.2, 0.25) is 5.91 Å². The molecule has 0 bridgehead atoms. The monoisotopic (exact) mass is 362 g/mol. The Morgan fingerprint density at radius 3 is 2.80 bits per heavy atom. The first kappa shape index (κ1) is 17.0. The van der Waals surface area contributed by atoms with Crippen molar-refractivity contribution >= 4 is 28.9 Å². The summed E-state index contributed by atoms with van der Waals surface area (Å²) in [5.74, 6) is 0.671. The van der Waals surface area contributed by atoms with Crippen molar-refractivity contribution in [2.45, 2.75) is 13.3 Å². The number of ether oxygens (including phenoxy) is 2. The predicted molar refractivity (Wildman–Crippen MR) is 92.6 cm³/mol. The molecular weight excluding hydrogens is 348 g/mol. The topological polar surface area (TPSA) is 90.7 Å². The molecule has 1 N–H and O–H groups in total. The van der Waals surface area contributed by atoms with E-state index < -0.39 is 4.92 Å². The molecule has 0 aliphatic carbocycles. The van der Waals surface area contributed by atoms with Crippen molar-refractivity contribution in [2.75, 3.05) is 18.5 Å². The molecule has 0 saturated heterocycles. The van der Waals surface area contributed by atoms with Crippen molar-refractivity contribution in [2.24, 2.45) is 0 Å². The van der Waals surface area contributed by atoms with Crippen LogP contribution in [0.15, 0.2) is 30.3 Å². The summed E-state index contributed by atoms with van der Waals surface area (Å²) >= 11 is 6.15. The van der Waals surface area contributed by atoms with E-state index in [4.69, 9.17) is 21.1 Å². The van der Waals surface area contributed by atoms with E-state index in [1.54, 1.807) is 31.2 Å². The van der Waals surface area contributed by atoms with E-state index in [1.165, 1.54) is 6.07 Å². The Morgan fingerprint density at radius 1 is 1.28 bits per heavy atom. The molecule has 2 aromatic rings. The van der Waals surface area contributed by atoms with Gasteiger partial charge in [-0.25, -0.2) is 0 Å². The van der Waals surface area contributed by atoms with Crippen molar-refractivity contribution in [3.05, 3.63) is 56.6 Å². The first-order valence-corrected chi connectivity index (χ1v) is 7.95. The minimum Gasteiger partial charge on any atom is -0.486 e. The minimum atomic E-state index is -0.481. The number of amides is 1. The lowest BCUT2D eigenvalue weighted by atomic mass is 10.1. The summed E-state index contributed by atoms with van der Waals surface area (Å²) in [5.41, 5.74) is 1.51. The van der Waals surface area contributed by atoms with E-state index in [1.807, 2.05) is 0 Å². The van der Waals surface area contributed by atoms with Crippen LogP contribution in [0.4, 0.5) is 11.4 Å². The van der Waals surface area contributed by atoms with Crippen LogP contribution in [-0.4, -0.2) is 24.0 Å². The van der Waals surface area contributed by atoms with Gasteiger partial charge in [-0.05, 0) is 30.7 Å². The highest BCUT2D eigenvalue weighted by Gasteiger charge is 2.18. The van der Waals surface area contributed by atoms with Crippen molar-refractivity contribution in [1.82, 2.24) is 0 Å². The van der Waals surface area contributed by atoms with Crippen LogP contribution in [0, 0.1) is 17.0 Å². The Balaban J connectivity index is 1.74. The largest absolute Gasteiger partial charge is 0.486 e. The highest BCUT2D eigenvalue weighted by molar-refractivity contribution is 6.32. The smallest absolute Gasteiger partial charge is 0.274 e. The van der Waals surface area contributed by atoms with Gasteiger partial charge < -0.3 is 14.8 Å². The number of benzene rings is 2. The minimum absolute atomic E-state index is 0.0415. The number of hydrogen-bond donors (Lipinski definition) is 1. The molecule has 0 fully saturated rings. The normalized spacial score (nSPS) is 12.6. The first-order valence-electron chi connectivity index (χ1n) is 7.57. The number of anilines is 1. The second-order valence-electron chi connectivity index (χ2n) is 5.59. The molecule has 0 aromatic heterocycles. The number of carbonyl (C=O) groups excluding carboxylic acids is 1. The summed E-state index contributed by atoms with van der Waals surface area (Å²) in [6.07, 6.45) is 0.0536. The lowest BCUT2D eigenvalue weighted by Gasteiger charge is -2.20. The summed E-state index contributed by atoms with van der Waals surface area (Å²) < 4.78 is 10.9. The van der Waals surface area contributed by atoms with E-state index >= 15 is 0 Å². The zero-order chi connectivity index (χ0) is 18.0. The maximum atomic E-state index is 12.2. The lowest BCUT2D eigenvalue weighted by molar-refractivity contribution is -0.385. The van der Waals surface area contributed by atoms with E-state index in [-0.39, 0.29) is 18.0 Å². The van der Waals surface area contributed by atoms with Gasteiger partial charge in [-0.3, -0.25) is 14.9 Å². The van der Waals surface area contributed by atoms with Crippen molar-refractivity contribution in [3.8, 4) is 11.5 Å². The van der Waals surface area contributed by atoms with E-state index in [2.05, 4.69) is 5.32 Å². The van der Waals surface area contributed by atoms with Gasteiger partial charge in [0.15, 0.2) is 11.5 Å². The number of hydrogen-bond acceptors (Lipinski definition) is 5. The van der Waals surface area contributed by atoms with E-state index in [0.29, 0.717) is 46.5 Å². The third kappa shape index (κ3) is 3.83. The second kappa shape index (κ2) is 6.98. The number of nitro benzene ring substituents is 1. The highest BCUT2D eigenvalue weighted by atomic mass is 35.5. The van der Waals surface area contributed by atoms with Gasteiger partial charge in [-0.1, -0.05) is 17.7 Å². The Morgan fingerprint density at radius 2 is 2.04 bits per heavy atom. The molecule has 7 nitrogen and oxygen atoms in total. The first-order chi connectivity index (χ1) is 11.9. The van der Waals surface area contributed by atoms with Crippen LogP contribution >= 0.6 is 11.6 Å². The zero-order valence-corrected chi connectivity index (χ0v) is 14.1. The number of carbonyl (C=O) groups is 1. The van der Waals surface area contributed by atoms with Gasteiger partial charge in [0.05, 0.1) is 16.4 Å². The Hall–Kier alpha value is -2.80. The molecule has 1 amide bonds. The summed E-state index contributed by atoms with van der Waals surface area (Å²) in [4.78, 5) is 22.7. The number of aryl methyl sites for hydroxylation is 1. The van der Waals surface area contributed by atoms with Gasteiger partial charge in [0.1, 0.15) is 13.2 Å². The molecule has 3 rings (SSSR count). The predicted octanol–water partition coefficient (Wildman–Crippen LogP) is 3.51. The second-order valence-corrected chi connectivity index (χ2v) is 5.99. The average molecular weight is 363 g/mol. The molecule has 1 heterocycles. The number of fused-ring (bicyclic) bond motifs is 1. The quantitative estimate of drug-likeness (QED) is 0.664. The van der Waals surface area contributed by atoms with E-state index in [9.17, 15) is 14.9 Å². The molecule has 25 heavy (non-hydrogen) atoms. The average Bonchev–Trinajstić information content (AvgIpc) is 2.56. The fraction of sp³-hybridized carbons (Fsp3) is 0.235. The third-order valence-corrected chi connectivity index (χ3v) is 3.99. The standard InChI is InChI=1S/C17H15ClN2O5/c1-10-2-3-12(9-14(10)20(22)23)19-16(21)8-11-6-13(18)17-15(7-11)24-4-5-25-17/h2-3,6-7,9H,4-5,8H2,1H3,(H,19,21). The molecule has 0 radical (unpaired) electrons. The molecule has 0 atom stereocenters. The SMILES string of the molecule is Cc1ccc(NC(=O)Cc2cc(Cl)c3c(c2)OCCO3)cc1[N+](=O)[O-]. The third-order valence-electron chi connectivity index (χ3n) is 3.71. The lowest BCUT2D eigenvalue weighted by Crippen LogP contribution is -2.17. The maximum Gasteiger partial charge on any atom is 0.274 e. The van der Waals surface area contributed by atoms with Crippen LogP contribution in [0.2, 0.25) is 5.02 Å². The van der Waals surface area contributed by atoms with Gasteiger partial charge in [-0.2, -0.15) is 0 Å².